The maximum absolute atomic E-state index is 12.9. The fraction of sp³-hybridized carbons (Fsp3) is 0.867. The van der Waals surface area contributed by atoms with Gasteiger partial charge in [-0.2, -0.15) is 16.8 Å². The zero-order valence-electron chi connectivity index (χ0n) is 27.0. The summed E-state index contributed by atoms with van der Waals surface area (Å²) in [5.41, 5.74) is -0.319. The van der Waals surface area contributed by atoms with E-state index in [1.807, 2.05) is 6.92 Å². The van der Waals surface area contributed by atoms with Crippen LogP contribution in [-0.2, 0) is 53.0 Å². The summed E-state index contributed by atoms with van der Waals surface area (Å²) in [4.78, 5) is 25.7. The largest absolute Gasteiger partial charge is 0.481 e. The molecule has 1 heterocycles. The molecule has 13 atom stereocenters. The normalized spacial score (nSPS) is 43.0. The third-order valence-electron chi connectivity index (χ3n) is 11.5. The molecule has 0 amide bonds. The Bertz CT molecular complexity index is 1480. The first-order valence-corrected chi connectivity index (χ1v) is 18.9. The van der Waals surface area contributed by atoms with Crippen molar-refractivity contribution in [3.8, 4) is 0 Å². The van der Waals surface area contributed by atoms with Crippen LogP contribution >= 0.6 is 0 Å². The summed E-state index contributed by atoms with van der Waals surface area (Å²) in [6.45, 7) is 8.52. The SMILES string of the molecule is C=C1[C@@H]2CC[C@H]3[C@]4(C)C[C@H](OC5O[C@H](CO)[C@@H](OS(=O)(=O)O)[C@H](OS(=O)(=O)O)[C@H]5OC(=O)CC(C)C)C[C@@H](C(=O)O)[C@H]4CC[C@]3(C2)[C@H]1O. The fourth-order valence-corrected chi connectivity index (χ4v) is 10.8. The summed E-state index contributed by atoms with van der Waals surface area (Å²) in [6.07, 6.45) is -7.93. The molecule has 0 aromatic rings. The molecule has 274 valence electrons. The van der Waals surface area contributed by atoms with Gasteiger partial charge in [-0.3, -0.25) is 18.7 Å². The van der Waals surface area contributed by atoms with Crippen molar-refractivity contribution in [2.24, 2.45) is 40.4 Å². The van der Waals surface area contributed by atoms with E-state index >= 15 is 0 Å². The molecule has 5 fully saturated rings. The highest BCUT2D eigenvalue weighted by molar-refractivity contribution is 7.81. The van der Waals surface area contributed by atoms with E-state index in [0.717, 1.165) is 24.8 Å². The topological polar surface area (TPSA) is 250 Å². The number of carboxylic acid groups (broad SMARTS) is 1. The van der Waals surface area contributed by atoms with E-state index in [-0.39, 0.29) is 42.9 Å². The number of hydrogen-bond donors (Lipinski definition) is 5. The predicted octanol–water partition coefficient (Wildman–Crippen LogP) is 1.67. The maximum atomic E-state index is 12.9. The molecular weight excluding hydrogens is 680 g/mol. The molecule has 5 aliphatic rings. The number of aliphatic hydroxyl groups is 2. The smallest absolute Gasteiger partial charge is 0.397 e. The predicted molar refractivity (Wildman–Crippen MR) is 162 cm³/mol. The standard InChI is InChI=1S/C30H46O16S2/c1-14(2)9-22(32)44-25-24(46-48(39,40)41)23(45-47(36,37)38)20(13-31)43-28(25)42-17-10-18(27(34)35)19-7-8-30-11-16(15(3)26(30)33)5-6-21(30)29(19,4)12-17/h14,16-21,23-26,28,31,33H,3,5-13H2,1-2,4H3,(H,34,35)(H,36,37,38)(H,39,40,41)/t16-,17-,18-,19-,20-,21+,23-,24+,25-,26+,28?,29-,30-/m1/s1. The lowest BCUT2D eigenvalue weighted by Gasteiger charge is -2.62. The number of fused-ring (bicyclic) bond motifs is 3. The van der Waals surface area contributed by atoms with Gasteiger partial charge in [0.25, 0.3) is 0 Å². The number of carbonyl (C=O) groups excluding carboxylic acids is 1. The van der Waals surface area contributed by atoms with Crippen molar-refractivity contribution in [2.75, 3.05) is 6.61 Å². The molecule has 0 aromatic carbocycles. The van der Waals surface area contributed by atoms with Gasteiger partial charge < -0.3 is 29.5 Å². The first kappa shape index (κ1) is 37.5. The lowest BCUT2D eigenvalue weighted by molar-refractivity contribution is -0.316. The first-order chi connectivity index (χ1) is 22.2. The van der Waals surface area contributed by atoms with Crippen LogP contribution in [0.4, 0.5) is 0 Å². The molecule has 1 unspecified atom stereocenters. The van der Waals surface area contributed by atoms with Gasteiger partial charge in [-0.25, -0.2) is 8.37 Å². The third-order valence-corrected chi connectivity index (χ3v) is 12.4. The van der Waals surface area contributed by atoms with E-state index in [4.69, 9.17) is 18.4 Å². The van der Waals surface area contributed by atoms with E-state index in [0.29, 0.717) is 12.8 Å². The van der Waals surface area contributed by atoms with Crippen molar-refractivity contribution in [3.05, 3.63) is 12.2 Å². The zero-order chi connectivity index (χ0) is 35.6. The molecule has 4 aliphatic carbocycles. The van der Waals surface area contributed by atoms with Crippen LogP contribution in [0, 0.1) is 40.4 Å². The fourth-order valence-electron chi connectivity index (χ4n) is 9.82. The van der Waals surface area contributed by atoms with Gasteiger partial charge in [-0.15, -0.1) is 0 Å². The molecule has 0 radical (unpaired) electrons. The maximum Gasteiger partial charge on any atom is 0.397 e. The van der Waals surface area contributed by atoms with E-state index in [2.05, 4.69) is 10.8 Å². The number of hydrogen-bond acceptors (Lipinski definition) is 13. The van der Waals surface area contributed by atoms with E-state index in [9.17, 15) is 50.8 Å². The molecule has 4 saturated carbocycles. The second kappa shape index (κ2) is 13.4. The highest BCUT2D eigenvalue weighted by Crippen LogP contribution is 2.70. The minimum Gasteiger partial charge on any atom is -0.481 e. The Balaban J connectivity index is 1.51. The molecular formula is C30H46O16S2. The van der Waals surface area contributed by atoms with Crippen molar-refractivity contribution in [1.29, 1.82) is 0 Å². The van der Waals surface area contributed by atoms with Crippen molar-refractivity contribution < 1.29 is 73.4 Å². The molecule has 5 rings (SSSR count). The molecule has 16 nitrogen and oxygen atoms in total. The molecule has 5 N–H and O–H groups in total. The third kappa shape index (κ3) is 7.20. The number of rotatable bonds is 11. The van der Waals surface area contributed by atoms with Crippen molar-refractivity contribution in [3.63, 3.8) is 0 Å². The van der Waals surface area contributed by atoms with Gasteiger partial charge in [0.05, 0.1) is 24.7 Å². The number of esters is 1. The van der Waals surface area contributed by atoms with E-state index in [1.165, 1.54) is 0 Å². The Kier molecular flexibility index (Phi) is 10.5. The average molecular weight is 727 g/mol. The van der Waals surface area contributed by atoms with Crippen LogP contribution in [0.3, 0.4) is 0 Å². The van der Waals surface area contributed by atoms with Gasteiger partial charge >= 0.3 is 32.7 Å². The monoisotopic (exact) mass is 726 g/mol. The molecule has 1 aliphatic heterocycles. The van der Waals surface area contributed by atoms with Crippen molar-refractivity contribution in [1.82, 2.24) is 0 Å². The Labute approximate surface area is 280 Å². The molecule has 48 heavy (non-hydrogen) atoms. The van der Waals surface area contributed by atoms with Crippen LogP contribution in [0.15, 0.2) is 12.2 Å². The Morgan fingerprint density at radius 2 is 1.67 bits per heavy atom. The second-order valence-electron chi connectivity index (χ2n) is 14.8. The second-order valence-corrected chi connectivity index (χ2v) is 16.9. The Hall–Kier alpha value is -1.74. The number of carboxylic acids is 1. The van der Waals surface area contributed by atoms with Crippen molar-refractivity contribution >= 4 is 32.7 Å². The van der Waals surface area contributed by atoms with Crippen LogP contribution in [0.25, 0.3) is 0 Å². The lowest BCUT2D eigenvalue weighted by Crippen LogP contribution is -2.64. The Morgan fingerprint density at radius 3 is 2.25 bits per heavy atom. The van der Waals surface area contributed by atoms with Crippen LogP contribution in [0.5, 0.6) is 0 Å². The van der Waals surface area contributed by atoms with Gasteiger partial charge in [0, 0.05) is 11.8 Å². The van der Waals surface area contributed by atoms with Gasteiger partial charge in [0.15, 0.2) is 18.5 Å². The first-order valence-electron chi connectivity index (χ1n) is 16.2. The number of aliphatic carboxylic acids is 1. The van der Waals surface area contributed by atoms with Gasteiger partial charge in [0.1, 0.15) is 12.2 Å². The molecule has 1 saturated heterocycles. The summed E-state index contributed by atoms with van der Waals surface area (Å²) >= 11 is 0. The lowest BCUT2D eigenvalue weighted by atomic mass is 9.43. The van der Waals surface area contributed by atoms with Crippen LogP contribution in [-0.4, -0.2) is 103 Å². The van der Waals surface area contributed by atoms with Crippen LogP contribution in [0.2, 0.25) is 0 Å². The van der Waals surface area contributed by atoms with Crippen LogP contribution in [0.1, 0.15) is 72.1 Å². The minimum absolute atomic E-state index is 0.0156. The minimum atomic E-state index is -5.42. The summed E-state index contributed by atoms with van der Waals surface area (Å²) in [6, 6.07) is 0. The molecule has 2 bridgehead atoms. The summed E-state index contributed by atoms with van der Waals surface area (Å²) in [7, 11) is -10.8. The Morgan fingerprint density at radius 1 is 1.02 bits per heavy atom. The van der Waals surface area contributed by atoms with Gasteiger partial charge in [-0.05, 0) is 79.6 Å². The summed E-state index contributed by atoms with van der Waals surface area (Å²) in [5.74, 6) is -3.25. The van der Waals surface area contributed by atoms with Crippen molar-refractivity contribution in [2.45, 2.75) is 115 Å². The molecule has 18 heteroatoms. The van der Waals surface area contributed by atoms with Crippen LogP contribution < -0.4 is 0 Å². The average Bonchev–Trinajstić information content (AvgIpc) is 3.12. The highest BCUT2D eigenvalue weighted by Gasteiger charge is 2.67. The number of carbonyl (C=O) groups is 2. The molecule has 0 aromatic heterocycles. The summed E-state index contributed by atoms with van der Waals surface area (Å²) in [5, 5.41) is 32.0. The highest BCUT2D eigenvalue weighted by atomic mass is 32.3. The molecule has 1 spiro atoms. The van der Waals surface area contributed by atoms with E-state index < -0.39 is 99.0 Å². The quantitative estimate of drug-likeness (QED) is 0.0879. The zero-order valence-corrected chi connectivity index (χ0v) is 28.7. The number of ether oxygens (including phenoxy) is 3. The number of aliphatic hydroxyl groups excluding tert-OH is 2. The van der Waals surface area contributed by atoms with Gasteiger partial charge in [-0.1, -0.05) is 27.4 Å². The van der Waals surface area contributed by atoms with E-state index in [1.54, 1.807) is 13.8 Å². The van der Waals surface area contributed by atoms with Gasteiger partial charge in [0.2, 0.25) is 0 Å². The summed E-state index contributed by atoms with van der Waals surface area (Å²) < 4.78 is 93.5.